The van der Waals surface area contributed by atoms with Crippen molar-refractivity contribution in [3.05, 3.63) is 46.8 Å². The number of carbonyl (C=O) groups is 1. The lowest BCUT2D eigenvalue weighted by Crippen LogP contribution is -2.30. The Balaban J connectivity index is 1.68. The lowest BCUT2D eigenvalue weighted by atomic mass is 10.1. The van der Waals surface area contributed by atoms with Gasteiger partial charge in [-0.1, -0.05) is 36.4 Å². The Morgan fingerprint density at radius 1 is 1.29 bits per heavy atom. The number of aryl methyl sites for hydroxylation is 1. The molecule has 0 atom stereocenters. The molecule has 0 radical (unpaired) electrons. The summed E-state index contributed by atoms with van der Waals surface area (Å²) >= 11 is 0. The van der Waals surface area contributed by atoms with E-state index in [1.54, 1.807) is 0 Å². The highest BCUT2D eigenvalue weighted by atomic mass is 16.2. The summed E-state index contributed by atoms with van der Waals surface area (Å²) in [5, 5.41) is 14.7. The van der Waals surface area contributed by atoms with Crippen LogP contribution < -0.4 is 10.6 Å². The maximum atomic E-state index is 12.5. The highest BCUT2D eigenvalue weighted by Gasteiger charge is 2.22. The fourth-order valence-electron chi connectivity index (χ4n) is 3.28. The molecular formula is C18H25N5O. The van der Waals surface area contributed by atoms with E-state index in [0.29, 0.717) is 18.3 Å². The smallest absolute Gasteiger partial charge is 0.274 e. The van der Waals surface area contributed by atoms with Crippen LogP contribution in [0.4, 0.5) is 0 Å². The van der Waals surface area contributed by atoms with Gasteiger partial charge >= 0.3 is 0 Å². The van der Waals surface area contributed by atoms with Crippen molar-refractivity contribution in [2.24, 2.45) is 0 Å². The van der Waals surface area contributed by atoms with Gasteiger partial charge < -0.3 is 10.6 Å². The first-order valence-electron chi connectivity index (χ1n) is 8.68. The number of nitrogens with one attached hydrogen (secondary N) is 2. The van der Waals surface area contributed by atoms with Gasteiger partial charge in [-0.25, -0.2) is 4.68 Å². The normalized spacial score (nSPS) is 15.4. The zero-order valence-corrected chi connectivity index (χ0v) is 14.4. The van der Waals surface area contributed by atoms with Crippen LogP contribution in [0.25, 0.3) is 0 Å². The van der Waals surface area contributed by atoms with E-state index in [9.17, 15) is 4.79 Å². The molecule has 1 aliphatic rings. The summed E-state index contributed by atoms with van der Waals surface area (Å²) in [6.07, 6.45) is 3.00. The molecule has 1 aliphatic heterocycles. The molecule has 1 saturated heterocycles. The topological polar surface area (TPSA) is 71.8 Å². The third kappa shape index (κ3) is 3.48. The number of aromatic nitrogens is 3. The molecule has 1 aromatic heterocycles. The SMILES string of the molecule is CCc1ccccc1CNC(=O)c1nnn(C2CCNCC2)c1C. The Morgan fingerprint density at radius 2 is 2.00 bits per heavy atom. The van der Waals surface area contributed by atoms with Crippen LogP contribution in [0, 0.1) is 6.92 Å². The number of rotatable bonds is 5. The van der Waals surface area contributed by atoms with E-state index in [1.165, 1.54) is 5.56 Å². The van der Waals surface area contributed by atoms with E-state index in [0.717, 1.165) is 43.6 Å². The maximum Gasteiger partial charge on any atom is 0.274 e. The molecule has 1 fully saturated rings. The highest BCUT2D eigenvalue weighted by molar-refractivity contribution is 5.93. The summed E-state index contributed by atoms with van der Waals surface area (Å²) in [6.45, 7) is 6.54. The first kappa shape index (κ1) is 16.6. The van der Waals surface area contributed by atoms with E-state index in [-0.39, 0.29) is 5.91 Å². The molecule has 2 aromatic rings. The Morgan fingerprint density at radius 3 is 2.71 bits per heavy atom. The molecule has 3 rings (SSSR count). The van der Waals surface area contributed by atoms with Gasteiger partial charge in [-0.05, 0) is 50.4 Å². The predicted molar refractivity (Wildman–Crippen MR) is 92.9 cm³/mol. The molecule has 0 aliphatic carbocycles. The third-order valence-corrected chi connectivity index (χ3v) is 4.74. The number of carbonyl (C=O) groups excluding carboxylic acids is 1. The first-order chi connectivity index (χ1) is 11.7. The van der Waals surface area contributed by atoms with Crippen LogP contribution in [0.5, 0.6) is 0 Å². The van der Waals surface area contributed by atoms with Gasteiger partial charge in [0.25, 0.3) is 5.91 Å². The summed E-state index contributed by atoms with van der Waals surface area (Å²) in [5.74, 6) is -0.154. The highest BCUT2D eigenvalue weighted by Crippen LogP contribution is 2.20. The molecule has 0 saturated carbocycles. The molecule has 1 amide bonds. The molecule has 0 unspecified atom stereocenters. The molecule has 6 nitrogen and oxygen atoms in total. The van der Waals surface area contributed by atoms with Gasteiger partial charge in [0, 0.05) is 6.54 Å². The Labute approximate surface area is 142 Å². The van der Waals surface area contributed by atoms with Crippen molar-refractivity contribution in [2.75, 3.05) is 13.1 Å². The van der Waals surface area contributed by atoms with Crippen molar-refractivity contribution in [2.45, 2.75) is 45.7 Å². The molecule has 2 N–H and O–H groups in total. The lowest BCUT2D eigenvalue weighted by Gasteiger charge is -2.23. The molecule has 24 heavy (non-hydrogen) atoms. The number of benzene rings is 1. The van der Waals surface area contributed by atoms with Crippen LogP contribution in [0.3, 0.4) is 0 Å². The van der Waals surface area contributed by atoms with Gasteiger partial charge in [0.2, 0.25) is 0 Å². The van der Waals surface area contributed by atoms with Crippen LogP contribution in [0.15, 0.2) is 24.3 Å². The van der Waals surface area contributed by atoms with Gasteiger partial charge in [-0.15, -0.1) is 5.10 Å². The Hall–Kier alpha value is -2.21. The van der Waals surface area contributed by atoms with Crippen molar-refractivity contribution >= 4 is 5.91 Å². The second-order valence-corrected chi connectivity index (χ2v) is 6.25. The third-order valence-electron chi connectivity index (χ3n) is 4.74. The number of hydrogen-bond acceptors (Lipinski definition) is 4. The fraction of sp³-hybridized carbons (Fsp3) is 0.500. The van der Waals surface area contributed by atoms with E-state index < -0.39 is 0 Å². The second kappa shape index (κ2) is 7.57. The van der Waals surface area contributed by atoms with Crippen molar-refractivity contribution < 1.29 is 4.79 Å². The van der Waals surface area contributed by atoms with Crippen LogP contribution in [-0.2, 0) is 13.0 Å². The second-order valence-electron chi connectivity index (χ2n) is 6.25. The van der Waals surface area contributed by atoms with Gasteiger partial charge in [0.1, 0.15) is 0 Å². The summed E-state index contributed by atoms with van der Waals surface area (Å²) in [5.41, 5.74) is 3.69. The largest absolute Gasteiger partial charge is 0.346 e. The van der Waals surface area contributed by atoms with Crippen molar-refractivity contribution in [1.82, 2.24) is 25.6 Å². The number of nitrogens with zero attached hydrogens (tertiary/aromatic N) is 3. The first-order valence-corrected chi connectivity index (χ1v) is 8.68. The van der Waals surface area contributed by atoms with Gasteiger partial charge in [-0.3, -0.25) is 4.79 Å². The lowest BCUT2D eigenvalue weighted by molar-refractivity contribution is 0.0945. The summed E-state index contributed by atoms with van der Waals surface area (Å²) in [7, 11) is 0. The number of amides is 1. The fourth-order valence-corrected chi connectivity index (χ4v) is 3.28. The molecule has 0 spiro atoms. The standard InChI is InChI=1S/C18H25N5O/c1-3-14-6-4-5-7-15(14)12-20-18(24)17-13(2)23(22-21-17)16-8-10-19-11-9-16/h4-7,16,19H,3,8-12H2,1-2H3,(H,20,24). The van der Waals surface area contributed by atoms with Gasteiger partial charge in [0.15, 0.2) is 5.69 Å². The van der Waals surface area contributed by atoms with Crippen LogP contribution in [-0.4, -0.2) is 34.0 Å². The average Bonchev–Trinajstić information content (AvgIpc) is 3.02. The van der Waals surface area contributed by atoms with Gasteiger partial charge in [0.05, 0.1) is 11.7 Å². The zero-order chi connectivity index (χ0) is 16.9. The minimum Gasteiger partial charge on any atom is -0.346 e. The van der Waals surface area contributed by atoms with Crippen LogP contribution >= 0.6 is 0 Å². The van der Waals surface area contributed by atoms with Gasteiger partial charge in [-0.2, -0.15) is 0 Å². The quantitative estimate of drug-likeness (QED) is 0.881. The van der Waals surface area contributed by atoms with E-state index in [2.05, 4.69) is 40.0 Å². The molecule has 6 heteroatoms. The van der Waals surface area contributed by atoms with Crippen molar-refractivity contribution in [1.29, 1.82) is 0 Å². The van der Waals surface area contributed by atoms with Crippen LogP contribution in [0.2, 0.25) is 0 Å². The summed E-state index contributed by atoms with van der Waals surface area (Å²) in [4.78, 5) is 12.5. The summed E-state index contributed by atoms with van der Waals surface area (Å²) < 4.78 is 1.91. The molecule has 2 heterocycles. The number of hydrogen-bond donors (Lipinski definition) is 2. The Bertz CT molecular complexity index is 703. The maximum absolute atomic E-state index is 12.5. The molecule has 1 aromatic carbocycles. The monoisotopic (exact) mass is 327 g/mol. The van der Waals surface area contributed by atoms with Crippen molar-refractivity contribution in [3.8, 4) is 0 Å². The molecular weight excluding hydrogens is 302 g/mol. The van der Waals surface area contributed by atoms with E-state index >= 15 is 0 Å². The minimum atomic E-state index is -0.154. The number of piperidine rings is 1. The van der Waals surface area contributed by atoms with Crippen molar-refractivity contribution in [3.63, 3.8) is 0 Å². The van der Waals surface area contributed by atoms with E-state index in [4.69, 9.17) is 0 Å². The Kier molecular flexibility index (Phi) is 5.25. The average molecular weight is 327 g/mol. The predicted octanol–water partition coefficient (Wildman–Crippen LogP) is 2.00. The van der Waals surface area contributed by atoms with E-state index in [1.807, 2.05) is 23.7 Å². The molecule has 128 valence electrons. The van der Waals surface area contributed by atoms with Crippen LogP contribution in [0.1, 0.15) is 53.1 Å². The molecule has 0 bridgehead atoms. The zero-order valence-electron chi connectivity index (χ0n) is 14.4. The minimum absolute atomic E-state index is 0.154. The summed E-state index contributed by atoms with van der Waals surface area (Å²) in [6, 6.07) is 8.51.